The van der Waals surface area contributed by atoms with Crippen LogP contribution in [0.25, 0.3) is 0 Å². The summed E-state index contributed by atoms with van der Waals surface area (Å²) in [7, 11) is 0. The van der Waals surface area contributed by atoms with Crippen molar-refractivity contribution in [3.8, 4) is 0 Å². The van der Waals surface area contributed by atoms with Gasteiger partial charge in [-0.05, 0) is 6.92 Å². The largest absolute Gasteiger partial charge is 0.374 e. The van der Waals surface area contributed by atoms with E-state index >= 15 is 0 Å². The minimum atomic E-state index is -0.336. The number of nitrogens with one attached hydrogen (secondary N) is 1. The van der Waals surface area contributed by atoms with Crippen LogP contribution >= 0.6 is 11.5 Å². The maximum absolute atomic E-state index is 11.5. The molecule has 0 atom stereocenters. The molecule has 7 nitrogen and oxygen atoms in total. The molecule has 1 aromatic heterocycles. The lowest BCUT2D eigenvalue weighted by atomic mass is 10.3. The molecule has 0 unspecified atom stereocenters. The topological polar surface area (TPSA) is 84.4 Å². The monoisotopic (exact) mass is 256 g/mol. The number of rotatable bonds is 4. The normalized spacial score (nSPS) is 16.4. The van der Waals surface area contributed by atoms with Gasteiger partial charge in [-0.3, -0.25) is 14.5 Å². The molecule has 1 N–H and O–H groups in total. The van der Waals surface area contributed by atoms with E-state index in [1.54, 1.807) is 0 Å². The van der Waals surface area contributed by atoms with Gasteiger partial charge in [0.2, 0.25) is 0 Å². The molecular weight excluding hydrogens is 244 g/mol. The summed E-state index contributed by atoms with van der Waals surface area (Å²) in [6.07, 6.45) is 0. The van der Waals surface area contributed by atoms with Gasteiger partial charge in [-0.25, -0.2) is 0 Å². The average Bonchev–Trinajstić information content (AvgIpc) is 2.72. The first-order valence-electron chi connectivity index (χ1n) is 5.18. The standard InChI is InChI=1S/C9H12N4O3S/c1-2-10-9-6(11-12-17-9)3-13-7(14)4-16-5-8(13)15/h10H,2-5H2,1H3. The molecule has 0 radical (unpaired) electrons. The first-order chi connectivity index (χ1) is 8.22. The molecule has 0 saturated carbocycles. The van der Waals surface area contributed by atoms with Crippen molar-refractivity contribution < 1.29 is 14.3 Å². The Morgan fingerprint density at radius 3 is 2.76 bits per heavy atom. The minimum absolute atomic E-state index is 0.0557. The van der Waals surface area contributed by atoms with Crippen LogP contribution in [-0.2, 0) is 20.9 Å². The summed E-state index contributed by atoms with van der Waals surface area (Å²) < 4.78 is 8.64. The number of ether oxygens (including phenoxy) is 1. The van der Waals surface area contributed by atoms with Crippen molar-refractivity contribution in [2.24, 2.45) is 0 Å². The molecule has 2 rings (SSSR count). The molecule has 0 bridgehead atoms. The Morgan fingerprint density at radius 1 is 1.41 bits per heavy atom. The Morgan fingerprint density at radius 2 is 2.12 bits per heavy atom. The smallest absolute Gasteiger partial charge is 0.255 e. The van der Waals surface area contributed by atoms with Gasteiger partial charge >= 0.3 is 0 Å². The van der Waals surface area contributed by atoms with Gasteiger partial charge in [-0.2, -0.15) is 0 Å². The lowest BCUT2D eigenvalue weighted by Crippen LogP contribution is -2.45. The van der Waals surface area contributed by atoms with Crippen LogP contribution in [0.1, 0.15) is 12.6 Å². The Kier molecular flexibility index (Phi) is 3.64. The van der Waals surface area contributed by atoms with Gasteiger partial charge in [-0.1, -0.05) is 4.49 Å². The van der Waals surface area contributed by atoms with Gasteiger partial charge < -0.3 is 10.1 Å². The second-order valence-corrected chi connectivity index (χ2v) is 4.20. The van der Waals surface area contributed by atoms with Crippen LogP contribution in [0.3, 0.4) is 0 Å². The molecule has 17 heavy (non-hydrogen) atoms. The SMILES string of the molecule is CCNc1snnc1CN1C(=O)COCC1=O. The minimum Gasteiger partial charge on any atom is -0.374 e. The highest BCUT2D eigenvalue weighted by Gasteiger charge is 2.28. The predicted octanol–water partition coefficient (Wildman–Crippen LogP) is -0.145. The van der Waals surface area contributed by atoms with E-state index < -0.39 is 0 Å². The highest BCUT2D eigenvalue weighted by Crippen LogP contribution is 2.19. The van der Waals surface area contributed by atoms with E-state index in [4.69, 9.17) is 4.74 Å². The maximum atomic E-state index is 11.5. The van der Waals surface area contributed by atoms with Gasteiger partial charge in [0.25, 0.3) is 11.8 Å². The Bertz CT molecular complexity index is 418. The van der Waals surface area contributed by atoms with Crippen molar-refractivity contribution >= 4 is 28.3 Å². The zero-order valence-corrected chi connectivity index (χ0v) is 10.1. The fraction of sp³-hybridized carbons (Fsp3) is 0.556. The Labute approximate surface area is 102 Å². The molecule has 0 aromatic carbocycles. The third-order valence-electron chi connectivity index (χ3n) is 2.25. The number of morpholine rings is 1. The van der Waals surface area contributed by atoms with Gasteiger partial charge in [0.1, 0.15) is 23.9 Å². The van der Waals surface area contributed by atoms with E-state index in [1.807, 2.05) is 6.92 Å². The van der Waals surface area contributed by atoms with Crippen molar-refractivity contribution in [3.05, 3.63) is 5.69 Å². The van der Waals surface area contributed by atoms with Gasteiger partial charge in [0.05, 0.1) is 6.54 Å². The van der Waals surface area contributed by atoms with Crippen molar-refractivity contribution in [2.75, 3.05) is 25.1 Å². The van der Waals surface area contributed by atoms with Crippen LogP contribution in [0.2, 0.25) is 0 Å². The third kappa shape index (κ3) is 2.59. The quantitative estimate of drug-likeness (QED) is 0.754. The number of carbonyl (C=O) groups excluding carboxylic acids is 2. The zero-order chi connectivity index (χ0) is 12.3. The van der Waals surface area contributed by atoms with E-state index in [-0.39, 0.29) is 31.6 Å². The summed E-state index contributed by atoms with van der Waals surface area (Å²) in [5.74, 6) is -0.673. The molecule has 1 saturated heterocycles. The van der Waals surface area contributed by atoms with Crippen molar-refractivity contribution in [2.45, 2.75) is 13.5 Å². The molecule has 1 aliphatic heterocycles. The fourth-order valence-corrected chi connectivity index (χ4v) is 2.09. The summed E-state index contributed by atoms with van der Waals surface area (Å²) in [4.78, 5) is 24.2. The zero-order valence-electron chi connectivity index (χ0n) is 9.30. The van der Waals surface area contributed by atoms with E-state index in [9.17, 15) is 9.59 Å². The Balaban J connectivity index is 2.10. The molecule has 0 aliphatic carbocycles. The van der Waals surface area contributed by atoms with Crippen LogP contribution in [0.5, 0.6) is 0 Å². The van der Waals surface area contributed by atoms with Gasteiger partial charge in [-0.15, -0.1) is 5.10 Å². The maximum Gasteiger partial charge on any atom is 0.255 e. The van der Waals surface area contributed by atoms with E-state index in [0.717, 1.165) is 16.4 Å². The highest BCUT2D eigenvalue weighted by molar-refractivity contribution is 7.10. The average molecular weight is 256 g/mol. The molecule has 1 aromatic rings. The number of nitrogens with zero attached hydrogens (tertiary/aromatic N) is 3. The van der Waals surface area contributed by atoms with Crippen LogP contribution in [0.15, 0.2) is 0 Å². The number of carbonyl (C=O) groups is 2. The van der Waals surface area contributed by atoms with Crippen LogP contribution in [0, 0.1) is 0 Å². The van der Waals surface area contributed by atoms with Crippen LogP contribution in [-0.4, -0.2) is 46.1 Å². The number of amides is 2. The molecule has 1 aliphatic rings. The fourth-order valence-electron chi connectivity index (χ4n) is 1.45. The summed E-state index contributed by atoms with van der Waals surface area (Å²) in [5.41, 5.74) is 0.612. The van der Waals surface area contributed by atoms with Crippen molar-refractivity contribution in [1.82, 2.24) is 14.5 Å². The molecule has 2 heterocycles. The molecule has 2 amide bonds. The number of hydrogen-bond donors (Lipinski definition) is 1. The number of anilines is 1. The van der Waals surface area contributed by atoms with Gasteiger partial charge in [0.15, 0.2) is 0 Å². The second-order valence-electron chi connectivity index (χ2n) is 3.45. The van der Waals surface area contributed by atoms with E-state index in [1.165, 1.54) is 11.5 Å². The molecule has 0 spiro atoms. The first kappa shape index (κ1) is 11.9. The van der Waals surface area contributed by atoms with Crippen molar-refractivity contribution in [3.63, 3.8) is 0 Å². The number of aromatic nitrogens is 2. The Hall–Kier alpha value is -1.54. The van der Waals surface area contributed by atoms with Crippen molar-refractivity contribution in [1.29, 1.82) is 0 Å². The molecule has 92 valence electrons. The van der Waals surface area contributed by atoms with E-state index in [2.05, 4.69) is 14.9 Å². The summed E-state index contributed by atoms with van der Waals surface area (Å²) in [6.45, 7) is 2.73. The lowest BCUT2D eigenvalue weighted by Gasteiger charge is -2.24. The molecular formula is C9H12N4O3S. The number of imide groups is 1. The lowest BCUT2D eigenvalue weighted by molar-refractivity contribution is -0.159. The number of hydrogen-bond acceptors (Lipinski definition) is 7. The molecule has 8 heteroatoms. The molecule has 1 fully saturated rings. The van der Waals surface area contributed by atoms with E-state index in [0.29, 0.717) is 5.69 Å². The summed E-state index contributed by atoms with van der Waals surface area (Å²) >= 11 is 1.21. The highest BCUT2D eigenvalue weighted by atomic mass is 32.1. The predicted molar refractivity (Wildman–Crippen MR) is 60.4 cm³/mol. The second kappa shape index (κ2) is 5.19. The van der Waals surface area contributed by atoms with Crippen LogP contribution in [0.4, 0.5) is 5.00 Å². The van der Waals surface area contributed by atoms with Crippen LogP contribution < -0.4 is 5.32 Å². The van der Waals surface area contributed by atoms with Gasteiger partial charge in [0, 0.05) is 18.1 Å². The summed E-state index contributed by atoms with van der Waals surface area (Å²) in [6, 6.07) is 0. The third-order valence-corrected chi connectivity index (χ3v) is 2.98. The summed E-state index contributed by atoms with van der Waals surface area (Å²) in [5, 5.41) is 7.80. The first-order valence-corrected chi connectivity index (χ1v) is 5.95.